The van der Waals surface area contributed by atoms with Gasteiger partial charge in [0, 0.05) is 24.3 Å². The number of ether oxygens (including phenoxy) is 2. The Bertz CT molecular complexity index is 917. The van der Waals surface area contributed by atoms with E-state index in [1.54, 1.807) is 0 Å². The maximum Gasteiger partial charge on any atom is 0.319 e. The summed E-state index contributed by atoms with van der Waals surface area (Å²) in [6.07, 6.45) is 3.30. The number of hydrogen-bond acceptors (Lipinski definition) is 6. The van der Waals surface area contributed by atoms with E-state index >= 15 is 0 Å². The Labute approximate surface area is 169 Å². The summed E-state index contributed by atoms with van der Waals surface area (Å²) < 4.78 is 11.7. The van der Waals surface area contributed by atoms with E-state index in [1.165, 1.54) is 0 Å². The molecule has 0 radical (unpaired) electrons. The second-order valence-corrected chi connectivity index (χ2v) is 7.67. The molecule has 2 amide bonds. The van der Waals surface area contributed by atoms with Crippen molar-refractivity contribution in [3.05, 3.63) is 29.8 Å². The predicted molar refractivity (Wildman–Crippen MR) is 109 cm³/mol. The highest BCUT2D eigenvalue weighted by Crippen LogP contribution is 2.39. The average molecular weight is 395 g/mol. The minimum absolute atomic E-state index is 0.215. The number of rotatable bonds is 4. The van der Waals surface area contributed by atoms with Gasteiger partial charge in [0.15, 0.2) is 5.82 Å². The van der Waals surface area contributed by atoms with Crippen molar-refractivity contribution in [2.24, 2.45) is 0 Å². The van der Waals surface area contributed by atoms with Crippen LogP contribution in [0.25, 0.3) is 11.4 Å². The van der Waals surface area contributed by atoms with Crippen LogP contribution in [-0.4, -0.2) is 54.4 Å². The quantitative estimate of drug-likeness (QED) is 0.827. The molecule has 0 aliphatic carbocycles. The number of nitrogens with one attached hydrogen (secondary N) is 2. The van der Waals surface area contributed by atoms with Crippen LogP contribution in [-0.2, 0) is 11.2 Å². The van der Waals surface area contributed by atoms with Gasteiger partial charge in [-0.15, -0.1) is 0 Å². The third-order valence-corrected chi connectivity index (χ3v) is 5.67. The van der Waals surface area contributed by atoms with Crippen LogP contribution >= 0.6 is 0 Å². The first kappa shape index (κ1) is 18.2. The highest BCUT2D eigenvalue weighted by molar-refractivity contribution is 5.89. The monoisotopic (exact) mass is 395 g/mol. The van der Waals surface area contributed by atoms with Gasteiger partial charge in [-0.25, -0.2) is 9.78 Å². The van der Waals surface area contributed by atoms with Crippen LogP contribution in [0.15, 0.2) is 24.3 Å². The molecule has 8 nitrogen and oxygen atoms in total. The molecule has 2 N–H and O–H groups in total. The Kier molecular flexibility index (Phi) is 4.71. The molecule has 3 aliphatic heterocycles. The lowest BCUT2D eigenvalue weighted by Gasteiger charge is -2.31. The number of carbonyl (C=O) groups is 1. The van der Waals surface area contributed by atoms with Crippen molar-refractivity contribution in [1.82, 2.24) is 15.3 Å². The predicted octanol–water partition coefficient (Wildman–Crippen LogP) is 2.59. The molecule has 29 heavy (non-hydrogen) atoms. The van der Waals surface area contributed by atoms with Gasteiger partial charge >= 0.3 is 6.03 Å². The second-order valence-electron chi connectivity index (χ2n) is 7.67. The summed E-state index contributed by atoms with van der Waals surface area (Å²) in [4.78, 5) is 23.7. The zero-order chi connectivity index (χ0) is 19.8. The van der Waals surface area contributed by atoms with E-state index in [4.69, 9.17) is 19.4 Å². The number of hydrogen-bond donors (Lipinski definition) is 2. The van der Waals surface area contributed by atoms with E-state index in [-0.39, 0.29) is 6.03 Å². The standard InChI is InChI=1S/C21H25N5O3/c1-2-22-21(27)23-14-7-5-13(6-8-14)18-24-19(17-4-3-9-28-20(17)25-18)26-11-16-10-15(26)12-29-16/h5-8,15-16H,2-4,9-12H2,1H3,(H2,22,23,27)/t15-,16+/m0/s1. The first-order valence-corrected chi connectivity index (χ1v) is 10.3. The fourth-order valence-corrected chi connectivity index (χ4v) is 4.27. The summed E-state index contributed by atoms with van der Waals surface area (Å²) in [5.74, 6) is 2.34. The first-order chi connectivity index (χ1) is 14.2. The molecule has 1 aromatic heterocycles. The zero-order valence-corrected chi connectivity index (χ0v) is 16.5. The van der Waals surface area contributed by atoms with Crippen molar-refractivity contribution in [3.63, 3.8) is 0 Å². The van der Waals surface area contributed by atoms with Gasteiger partial charge in [0.05, 0.1) is 30.9 Å². The van der Waals surface area contributed by atoms with Crippen LogP contribution < -0.4 is 20.3 Å². The molecule has 3 aliphatic rings. The third kappa shape index (κ3) is 3.48. The van der Waals surface area contributed by atoms with Gasteiger partial charge in [-0.1, -0.05) is 0 Å². The van der Waals surface area contributed by atoms with E-state index in [1.807, 2.05) is 31.2 Å². The van der Waals surface area contributed by atoms with Gasteiger partial charge in [-0.05, 0) is 50.5 Å². The van der Waals surface area contributed by atoms with Crippen LogP contribution in [0, 0.1) is 0 Å². The lowest BCUT2D eigenvalue weighted by atomic mass is 10.1. The molecule has 2 fully saturated rings. The minimum Gasteiger partial charge on any atom is -0.477 e. The molecular formula is C21H25N5O3. The fourth-order valence-electron chi connectivity index (χ4n) is 4.27. The number of aromatic nitrogens is 2. The molecule has 152 valence electrons. The number of morpholine rings is 1. The molecule has 0 spiro atoms. The van der Waals surface area contributed by atoms with Crippen molar-refractivity contribution in [2.45, 2.75) is 38.3 Å². The number of benzene rings is 1. The fraction of sp³-hybridized carbons (Fsp3) is 0.476. The van der Waals surface area contributed by atoms with Gasteiger partial charge in [0.25, 0.3) is 0 Å². The van der Waals surface area contributed by atoms with Crippen LogP contribution in [0.1, 0.15) is 25.3 Å². The first-order valence-electron chi connectivity index (χ1n) is 10.3. The summed E-state index contributed by atoms with van der Waals surface area (Å²) in [6.45, 7) is 4.80. The average Bonchev–Trinajstić information content (AvgIpc) is 3.37. The van der Waals surface area contributed by atoms with Gasteiger partial charge in [-0.3, -0.25) is 0 Å². The summed E-state index contributed by atoms with van der Waals surface area (Å²) in [5, 5.41) is 5.53. The van der Waals surface area contributed by atoms with Gasteiger partial charge < -0.3 is 25.0 Å². The summed E-state index contributed by atoms with van der Waals surface area (Å²) >= 11 is 0. The van der Waals surface area contributed by atoms with E-state index < -0.39 is 0 Å². The number of fused-ring (bicyclic) bond motifs is 3. The molecule has 2 saturated heterocycles. The summed E-state index contributed by atoms with van der Waals surface area (Å²) in [6, 6.07) is 7.74. The molecule has 8 heteroatoms. The third-order valence-electron chi connectivity index (χ3n) is 5.67. The number of urea groups is 1. The van der Waals surface area contributed by atoms with Crippen molar-refractivity contribution >= 4 is 17.5 Å². The highest BCUT2D eigenvalue weighted by atomic mass is 16.5. The topological polar surface area (TPSA) is 88.6 Å². The number of nitrogens with zero attached hydrogens (tertiary/aromatic N) is 3. The van der Waals surface area contributed by atoms with Crippen LogP contribution in [0.5, 0.6) is 5.88 Å². The Balaban J connectivity index is 1.46. The summed E-state index contributed by atoms with van der Waals surface area (Å²) in [5.41, 5.74) is 2.73. The number of anilines is 2. The number of amides is 2. The molecule has 0 unspecified atom stereocenters. The minimum atomic E-state index is -0.215. The normalized spacial score (nSPS) is 22.2. The molecular weight excluding hydrogens is 370 g/mol. The SMILES string of the molecule is CCNC(=O)Nc1ccc(-c2nc3c(c(N4C[C@H]5C[C@H]4CO5)n2)CCCO3)cc1. The molecule has 0 saturated carbocycles. The smallest absolute Gasteiger partial charge is 0.319 e. The lowest BCUT2D eigenvalue weighted by Crippen LogP contribution is -2.38. The summed E-state index contributed by atoms with van der Waals surface area (Å²) in [7, 11) is 0. The Morgan fingerprint density at radius 3 is 2.86 bits per heavy atom. The van der Waals surface area contributed by atoms with Crippen LogP contribution in [0.3, 0.4) is 0 Å². The molecule has 2 atom stereocenters. The zero-order valence-electron chi connectivity index (χ0n) is 16.5. The van der Waals surface area contributed by atoms with E-state index in [9.17, 15) is 4.79 Å². The largest absolute Gasteiger partial charge is 0.477 e. The van der Waals surface area contributed by atoms with E-state index in [2.05, 4.69) is 15.5 Å². The Hall–Kier alpha value is -2.87. The molecule has 4 heterocycles. The molecule has 2 aromatic rings. The maximum atomic E-state index is 11.7. The van der Waals surface area contributed by atoms with Crippen LogP contribution in [0.4, 0.5) is 16.3 Å². The van der Waals surface area contributed by atoms with Gasteiger partial charge in [-0.2, -0.15) is 4.98 Å². The van der Waals surface area contributed by atoms with E-state index in [0.29, 0.717) is 37.0 Å². The molecule has 5 rings (SSSR count). The van der Waals surface area contributed by atoms with Crippen LogP contribution in [0.2, 0.25) is 0 Å². The number of carbonyl (C=O) groups excluding carboxylic acids is 1. The second kappa shape index (κ2) is 7.51. The van der Waals surface area contributed by atoms with Crippen molar-refractivity contribution < 1.29 is 14.3 Å². The molecule has 2 bridgehead atoms. The van der Waals surface area contributed by atoms with Crippen molar-refractivity contribution in [3.8, 4) is 17.3 Å². The highest BCUT2D eigenvalue weighted by Gasteiger charge is 2.41. The van der Waals surface area contributed by atoms with Gasteiger partial charge in [0.2, 0.25) is 5.88 Å². The van der Waals surface area contributed by atoms with E-state index in [0.717, 1.165) is 55.0 Å². The Morgan fingerprint density at radius 1 is 1.28 bits per heavy atom. The van der Waals surface area contributed by atoms with Crippen molar-refractivity contribution in [1.29, 1.82) is 0 Å². The lowest BCUT2D eigenvalue weighted by molar-refractivity contribution is 0.0987. The molecule has 1 aromatic carbocycles. The maximum absolute atomic E-state index is 11.7. The Morgan fingerprint density at radius 2 is 2.14 bits per heavy atom. The van der Waals surface area contributed by atoms with Crippen molar-refractivity contribution in [2.75, 3.05) is 36.5 Å². The van der Waals surface area contributed by atoms with Gasteiger partial charge in [0.1, 0.15) is 5.82 Å².